The Kier molecular flexibility index (Phi) is 5.51. The first-order chi connectivity index (χ1) is 10.6. The molecule has 4 nitrogen and oxygen atoms in total. The molecule has 0 saturated heterocycles. The summed E-state index contributed by atoms with van der Waals surface area (Å²) in [6.45, 7) is 3.87. The molecule has 2 aromatic rings. The summed E-state index contributed by atoms with van der Waals surface area (Å²) in [5.74, 6) is 0. The SMILES string of the molecule is CCOP(=O)(OCC)/C(C#N)=C/c1ccc2ccccc2c1. The molecule has 0 aliphatic carbocycles. The van der Waals surface area contributed by atoms with Gasteiger partial charge in [-0.25, -0.2) is 0 Å². The topological polar surface area (TPSA) is 59.3 Å². The van der Waals surface area contributed by atoms with Gasteiger partial charge in [0.25, 0.3) is 0 Å². The van der Waals surface area contributed by atoms with Gasteiger partial charge in [-0.1, -0.05) is 36.4 Å². The van der Waals surface area contributed by atoms with Gasteiger partial charge in [0.05, 0.1) is 13.2 Å². The minimum absolute atomic E-state index is 0.0199. The molecule has 0 amide bonds. The first-order valence-electron chi connectivity index (χ1n) is 7.13. The van der Waals surface area contributed by atoms with Crippen LogP contribution in [0.15, 0.2) is 47.8 Å². The maximum Gasteiger partial charge on any atom is 0.371 e. The van der Waals surface area contributed by atoms with Gasteiger partial charge < -0.3 is 9.05 Å². The highest BCUT2D eigenvalue weighted by atomic mass is 31.2. The Morgan fingerprint density at radius 2 is 1.77 bits per heavy atom. The molecule has 0 fully saturated rings. The van der Waals surface area contributed by atoms with Crippen molar-refractivity contribution in [2.75, 3.05) is 13.2 Å². The summed E-state index contributed by atoms with van der Waals surface area (Å²) in [5, 5.41) is 11.5. The number of nitriles is 1. The van der Waals surface area contributed by atoms with Gasteiger partial charge in [0, 0.05) is 0 Å². The van der Waals surface area contributed by atoms with Crippen LogP contribution < -0.4 is 0 Å². The molecule has 0 bridgehead atoms. The van der Waals surface area contributed by atoms with E-state index >= 15 is 0 Å². The number of rotatable bonds is 6. The molecule has 0 saturated carbocycles. The van der Waals surface area contributed by atoms with Gasteiger partial charge in [-0.3, -0.25) is 4.57 Å². The van der Waals surface area contributed by atoms with Crippen LogP contribution in [0.25, 0.3) is 16.8 Å². The third-order valence-electron chi connectivity index (χ3n) is 3.08. The van der Waals surface area contributed by atoms with E-state index in [1.807, 2.05) is 48.5 Å². The first kappa shape index (κ1) is 16.5. The summed E-state index contributed by atoms with van der Waals surface area (Å²) in [6, 6.07) is 15.7. The fraction of sp³-hybridized carbons (Fsp3) is 0.235. The van der Waals surface area contributed by atoms with Crippen molar-refractivity contribution in [3.63, 3.8) is 0 Å². The Morgan fingerprint density at radius 1 is 1.14 bits per heavy atom. The molecular weight excluding hydrogens is 297 g/mol. The molecule has 2 aromatic carbocycles. The van der Waals surface area contributed by atoms with Crippen LogP contribution in [0, 0.1) is 11.3 Å². The molecule has 0 aromatic heterocycles. The zero-order chi connectivity index (χ0) is 16.0. The molecule has 5 heteroatoms. The zero-order valence-corrected chi connectivity index (χ0v) is 13.5. The van der Waals surface area contributed by atoms with E-state index in [-0.39, 0.29) is 18.5 Å². The van der Waals surface area contributed by atoms with Crippen molar-refractivity contribution >= 4 is 24.4 Å². The number of hydrogen-bond acceptors (Lipinski definition) is 4. The fourth-order valence-electron chi connectivity index (χ4n) is 2.14. The van der Waals surface area contributed by atoms with Gasteiger partial charge in [0.15, 0.2) is 0 Å². The monoisotopic (exact) mass is 315 g/mol. The molecular formula is C17H18NO3P. The quantitative estimate of drug-likeness (QED) is 0.558. The number of allylic oxidation sites excluding steroid dienone is 1. The summed E-state index contributed by atoms with van der Waals surface area (Å²) in [4.78, 5) is 0. The van der Waals surface area contributed by atoms with Gasteiger partial charge in [-0.2, -0.15) is 5.26 Å². The van der Waals surface area contributed by atoms with Crippen LogP contribution in [0.1, 0.15) is 19.4 Å². The van der Waals surface area contributed by atoms with Gasteiger partial charge in [0.1, 0.15) is 11.4 Å². The molecule has 0 spiro atoms. The predicted octanol–water partition coefficient (Wildman–Crippen LogP) is 4.97. The largest absolute Gasteiger partial charge is 0.371 e. The van der Waals surface area contributed by atoms with Gasteiger partial charge in [-0.15, -0.1) is 0 Å². The van der Waals surface area contributed by atoms with E-state index in [4.69, 9.17) is 9.05 Å². The molecule has 2 rings (SSSR count). The molecule has 0 atom stereocenters. The highest BCUT2D eigenvalue weighted by molar-refractivity contribution is 7.59. The highest BCUT2D eigenvalue weighted by Crippen LogP contribution is 2.56. The summed E-state index contributed by atoms with van der Waals surface area (Å²) in [6.07, 6.45) is 1.57. The molecule has 0 aliphatic heterocycles. The minimum Gasteiger partial charge on any atom is -0.305 e. The van der Waals surface area contributed by atoms with Gasteiger partial charge >= 0.3 is 7.60 Å². The maximum absolute atomic E-state index is 12.7. The third kappa shape index (κ3) is 3.64. The Morgan fingerprint density at radius 3 is 2.36 bits per heavy atom. The Balaban J connectivity index is 2.45. The fourth-order valence-corrected chi connectivity index (χ4v) is 3.61. The van der Waals surface area contributed by atoms with E-state index in [1.165, 1.54) is 0 Å². The Hall–Kier alpha value is -1.92. The number of benzene rings is 2. The normalized spacial score (nSPS) is 12.3. The average molecular weight is 315 g/mol. The van der Waals surface area contributed by atoms with Crippen molar-refractivity contribution in [1.29, 1.82) is 5.26 Å². The zero-order valence-electron chi connectivity index (χ0n) is 12.7. The van der Waals surface area contributed by atoms with Crippen molar-refractivity contribution in [3.8, 4) is 6.07 Å². The first-order valence-corrected chi connectivity index (χ1v) is 8.67. The van der Waals surface area contributed by atoms with E-state index in [9.17, 15) is 9.83 Å². The lowest BCUT2D eigenvalue weighted by molar-refractivity contribution is 0.227. The lowest BCUT2D eigenvalue weighted by Gasteiger charge is -2.15. The van der Waals surface area contributed by atoms with Crippen molar-refractivity contribution < 1.29 is 13.6 Å². The molecule has 114 valence electrons. The molecule has 0 heterocycles. The molecule has 0 radical (unpaired) electrons. The smallest absolute Gasteiger partial charge is 0.305 e. The number of nitrogens with zero attached hydrogens (tertiary/aromatic N) is 1. The summed E-state index contributed by atoms with van der Waals surface area (Å²) < 4.78 is 23.1. The molecule has 22 heavy (non-hydrogen) atoms. The second-order valence-electron chi connectivity index (χ2n) is 4.58. The standard InChI is InChI=1S/C17H18NO3P/c1-3-20-22(19,21-4-2)17(13-18)12-14-9-10-15-7-5-6-8-16(15)11-14/h5-12H,3-4H2,1-2H3/b17-12+. The van der Waals surface area contributed by atoms with Gasteiger partial charge in [0.2, 0.25) is 0 Å². The Bertz CT molecular complexity index is 767. The van der Waals surface area contributed by atoms with Crippen molar-refractivity contribution in [2.24, 2.45) is 0 Å². The second kappa shape index (κ2) is 7.38. The summed E-state index contributed by atoms with van der Waals surface area (Å²) >= 11 is 0. The lowest BCUT2D eigenvalue weighted by atomic mass is 10.1. The van der Waals surface area contributed by atoms with Crippen molar-refractivity contribution in [3.05, 3.63) is 53.3 Å². The van der Waals surface area contributed by atoms with E-state index in [2.05, 4.69) is 0 Å². The van der Waals surface area contributed by atoms with Crippen molar-refractivity contribution in [1.82, 2.24) is 0 Å². The molecule has 0 unspecified atom stereocenters. The van der Waals surface area contributed by atoms with Crippen LogP contribution in [0.4, 0.5) is 0 Å². The predicted molar refractivity (Wildman–Crippen MR) is 88.4 cm³/mol. The van der Waals surface area contributed by atoms with Crippen LogP contribution in [0.2, 0.25) is 0 Å². The van der Waals surface area contributed by atoms with E-state index in [1.54, 1.807) is 19.9 Å². The minimum atomic E-state index is -3.56. The van der Waals surface area contributed by atoms with Crippen LogP contribution in [0.3, 0.4) is 0 Å². The van der Waals surface area contributed by atoms with Gasteiger partial charge in [-0.05, 0) is 42.3 Å². The van der Waals surface area contributed by atoms with E-state index < -0.39 is 7.60 Å². The third-order valence-corrected chi connectivity index (χ3v) is 5.10. The number of fused-ring (bicyclic) bond motifs is 1. The number of hydrogen-bond donors (Lipinski definition) is 0. The average Bonchev–Trinajstić information content (AvgIpc) is 2.52. The Labute approximate surface area is 130 Å². The lowest BCUT2D eigenvalue weighted by Crippen LogP contribution is -1.97. The van der Waals surface area contributed by atoms with E-state index in [0.29, 0.717) is 0 Å². The van der Waals surface area contributed by atoms with Crippen LogP contribution in [-0.4, -0.2) is 13.2 Å². The van der Waals surface area contributed by atoms with Crippen LogP contribution in [-0.2, 0) is 13.6 Å². The summed E-state index contributed by atoms with van der Waals surface area (Å²) in [7, 11) is -3.56. The maximum atomic E-state index is 12.7. The summed E-state index contributed by atoms with van der Waals surface area (Å²) in [5.41, 5.74) is 0.787. The molecule has 0 N–H and O–H groups in total. The highest BCUT2D eigenvalue weighted by Gasteiger charge is 2.29. The van der Waals surface area contributed by atoms with Crippen LogP contribution >= 0.6 is 7.60 Å². The van der Waals surface area contributed by atoms with Crippen LogP contribution in [0.5, 0.6) is 0 Å². The second-order valence-corrected chi connectivity index (χ2v) is 6.57. The van der Waals surface area contributed by atoms with Crippen molar-refractivity contribution in [2.45, 2.75) is 13.8 Å². The molecule has 0 aliphatic rings. The van der Waals surface area contributed by atoms with E-state index in [0.717, 1.165) is 16.3 Å².